The Labute approximate surface area is 125 Å². The van der Waals surface area contributed by atoms with Crippen molar-refractivity contribution >= 4 is 17.1 Å². The van der Waals surface area contributed by atoms with Gasteiger partial charge in [0.15, 0.2) is 0 Å². The lowest BCUT2D eigenvalue weighted by atomic mass is 10.1. The van der Waals surface area contributed by atoms with Gasteiger partial charge in [0.2, 0.25) is 0 Å². The summed E-state index contributed by atoms with van der Waals surface area (Å²) in [6.07, 6.45) is 1.15. The fourth-order valence-corrected chi connectivity index (χ4v) is 2.71. The summed E-state index contributed by atoms with van der Waals surface area (Å²) in [5.74, 6) is 0. The molecule has 1 saturated heterocycles. The molecule has 0 saturated carbocycles. The molecule has 0 spiro atoms. The number of hydrogen-bond donors (Lipinski definition) is 1. The van der Waals surface area contributed by atoms with E-state index in [1.54, 1.807) is 19.2 Å². The van der Waals surface area contributed by atoms with E-state index in [1.165, 1.54) is 0 Å². The molecule has 6 heteroatoms. The number of nitrogens with zero attached hydrogens (tertiary/aromatic N) is 3. The normalized spacial score (nSPS) is 17.6. The minimum absolute atomic E-state index is 0.140. The summed E-state index contributed by atoms with van der Waals surface area (Å²) >= 11 is 0. The summed E-state index contributed by atoms with van der Waals surface area (Å²) in [5, 5.41) is 14.0. The van der Waals surface area contributed by atoms with Crippen LogP contribution in [0.4, 0.5) is 17.1 Å². The average molecular weight is 292 g/mol. The van der Waals surface area contributed by atoms with E-state index >= 15 is 0 Å². The molecular formula is C15H24N4O2. The summed E-state index contributed by atoms with van der Waals surface area (Å²) in [6, 6.07) is 5.81. The van der Waals surface area contributed by atoms with Gasteiger partial charge >= 0.3 is 0 Å². The molecule has 1 aliphatic heterocycles. The zero-order valence-corrected chi connectivity index (χ0v) is 13.0. The quantitative estimate of drug-likeness (QED) is 0.667. The second-order valence-corrected chi connectivity index (χ2v) is 5.53. The molecule has 1 unspecified atom stereocenters. The molecule has 1 atom stereocenters. The molecule has 1 aliphatic rings. The number of benzene rings is 1. The first-order valence-corrected chi connectivity index (χ1v) is 7.51. The summed E-state index contributed by atoms with van der Waals surface area (Å²) in [4.78, 5) is 15.4. The van der Waals surface area contributed by atoms with Gasteiger partial charge in [-0.15, -0.1) is 0 Å². The van der Waals surface area contributed by atoms with Gasteiger partial charge in [0.25, 0.3) is 5.69 Å². The largest absolute Gasteiger partial charge is 0.388 e. The van der Waals surface area contributed by atoms with Gasteiger partial charge in [-0.25, -0.2) is 0 Å². The minimum Gasteiger partial charge on any atom is -0.388 e. The second kappa shape index (κ2) is 6.76. The Morgan fingerprint density at radius 1 is 1.29 bits per heavy atom. The maximum absolute atomic E-state index is 11.0. The lowest BCUT2D eigenvalue weighted by molar-refractivity contribution is -0.384. The van der Waals surface area contributed by atoms with Crippen molar-refractivity contribution in [2.75, 3.05) is 43.4 Å². The number of anilines is 2. The van der Waals surface area contributed by atoms with Crippen LogP contribution in [0.25, 0.3) is 0 Å². The van der Waals surface area contributed by atoms with Crippen LogP contribution in [0.5, 0.6) is 0 Å². The van der Waals surface area contributed by atoms with Gasteiger partial charge < -0.3 is 10.2 Å². The number of piperazine rings is 1. The summed E-state index contributed by atoms with van der Waals surface area (Å²) in [5.41, 5.74) is 1.85. The SMILES string of the molecule is CCC(C)N1CCN(c2cc(NC)cc([N+](=O)[O-])c2)CC1. The predicted molar refractivity (Wildman–Crippen MR) is 86.2 cm³/mol. The molecule has 0 aromatic heterocycles. The number of nitro groups is 1. The standard InChI is InChI=1S/C15H24N4O2/c1-4-12(2)17-5-7-18(8-6-17)14-9-13(16-3)10-15(11-14)19(20)21/h9-12,16H,4-8H2,1-3H3. The zero-order valence-electron chi connectivity index (χ0n) is 13.0. The monoisotopic (exact) mass is 292 g/mol. The fourth-order valence-electron chi connectivity index (χ4n) is 2.71. The predicted octanol–water partition coefficient (Wildman–Crippen LogP) is 2.56. The zero-order chi connectivity index (χ0) is 15.4. The van der Waals surface area contributed by atoms with Crippen LogP contribution in [0, 0.1) is 10.1 Å². The van der Waals surface area contributed by atoms with Crippen LogP contribution in [-0.2, 0) is 0 Å². The summed E-state index contributed by atoms with van der Waals surface area (Å²) < 4.78 is 0. The third-order valence-electron chi connectivity index (χ3n) is 4.30. The molecule has 0 bridgehead atoms. The van der Waals surface area contributed by atoms with E-state index in [0.717, 1.165) is 44.0 Å². The van der Waals surface area contributed by atoms with Gasteiger partial charge in [-0.05, 0) is 19.4 Å². The van der Waals surface area contributed by atoms with E-state index in [1.807, 2.05) is 6.07 Å². The van der Waals surface area contributed by atoms with Crippen LogP contribution in [0.1, 0.15) is 20.3 Å². The van der Waals surface area contributed by atoms with Crippen molar-refractivity contribution in [3.8, 4) is 0 Å². The molecule has 1 N–H and O–H groups in total. The number of nitro benzene ring substituents is 1. The maximum atomic E-state index is 11.0. The molecule has 0 aliphatic carbocycles. The maximum Gasteiger partial charge on any atom is 0.273 e. The Balaban J connectivity index is 2.12. The van der Waals surface area contributed by atoms with E-state index in [2.05, 4.69) is 29.0 Å². The molecule has 1 aromatic carbocycles. The Bertz CT molecular complexity index is 498. The van der Waals surface area contributed by atoms with Gasteiger partial charge in [-0.1, -0.05) is 6.92 Å². The van der Waals surface area contributed by atoms with E-state index in [9.17, 15) is 10.1 Å². The number of hydrogen-bond acceptors (Lipinski definition) is 5. The van der Waals surface area contributed by atoms with Gasteiger partial charge in [0.1, 0.15) is 0 Å². The summed E-state index contributed by atoms with van der Waals surface area (Å²) in [6.45, 7) is 8.29. The molecule has 1 fully saturated rings. The van der Waals surface area contributed by atoms with Crippen molar-refractivity contribution in [2.24, 2.45) is 0 Å². The molecule has 0 amide bonds. The fraction of sp³-hybridized carbons (Fsp3) is 0.600. The van der Waals surface area contributed by atoms with Crippen LogP contribution >= 0.6 is 0 Å². The highest BCUT2D eigenvalue weighted by atomic mass is 16.6. The van der Waals surface area contributed by atoms with Crippen molar-refractivity contribution in [1.29, 1.82) is 0 Å². The molecule has 1 aromatic rings. The van der Waals surface area contributed by atoms with Crippen molar-refractivity contribution < 1.29 is 4.92 Å². The van der Waals surface area contributed by atoms with Crippen LogP contribution in [-0.4, -0.2) is 49.1 Å². The third kappa shape index (κ3) is 3.64. The average Bonchev–Trinajstić information content (AvgIpc) is 2.53. The highest BCUT2D eigenvalue weighted by Gasteiger charge is 2.21. The lowest BCUT2D eigenvalue weighted by Gasteiger charge is -2.39. The summed E-state index contributed by atoms with van der Waals surface area (Å²) in [7, 11) is 1.78. The van der Waals surface area contributed by atoms with Gasteiger partial charge in [-0.2, -0.15) is 0 Å². The molecular weight excluding hydrogens is 268 g/mol. The van der Waals surface area contributed by atoms with E-state index < -0.39 is 0 Å². The minimum atomic E-state index is -0.334. The Kier molecular flexibility index (Phi) is 5.01. The molecule has 0 radical (unpaired) electrons. The highest BCUT2D eigenvalue weighted by Crippen LogP contribution is 2.27. The molecule has 2 rings (SSSR count). The Morgan fingerprint density at radius 2 is 1.95 bits per heavy atom. The number of nitrogens with one attached hydrogen (secondary N) is 1. The van der Waals surface area contributed by atoms with Crippen molar-refractivity contribution in [1.82, 2.24) is 4.90 Å². The topological polar surface area (TPSA) is 61.6 Å². The van der Waals surface area contributed by atoms with Crippen molar-refractivity contribution in [3.05, 3.63) is 28.3 Å². The van der Waals surface area contributed by atoms with E-state index in [4.69, 9.17) is 0 Å². The number of rotatable bonds is 5. The smallest absolute Gasteiger partial charge is 0.273 e. The van der Waals surface area contributed by atoms with Gasteiger partial charge in [0, 0.05) is 62.8 Å². The molecule has 6 nitrogen and oxygen atoms in total. The van der Waals surface area contributed by atoms with E-state index in [-0.39, 0.29) is 10.6 Å². The van der Waals surface area contributed by atoms with Crippen molar-refractivity contribution in [3.63, 3.8) is 0 Å². The highest BCUT2D eigenvalue weighted by molar-refractivity contribution is 5.64. The number of non-ortho nitro benzene ring substituents is 1. The molecule has 116 valence electrons. The first kappa shape index (κ1) is 15.6. The van der Waals surface area contributed by atoms with Gasteiger partial charge in [-0.3, -0.25) is 15.0 Å². The van der Waals surface area contributed by atoms with Crippen LogP contribution in [0.15, 0.2) is 18.2 Å². The first-order valence-electron chi connectivity index (χ1n) is 7.51. The van der Waals surface area contributed by atoms with Crippen molar-refractivity contribution in [2.45, 2.75) is 26.3 Å². The Hall–Kier alpha value is -1.82. The van der Waals surface area contributed by atoms with Crippen LogP contribution in [0.3, 0.4) is 0 Å². The second-order valence-electron chi connectivity index (χ2n) is 5.53. The molecule has 1 heterocycles. The molecule has 21 heavy (non-hydrogen) atoms. The van der Waals surface area contributed by atoms with E-state index in [0.29, 0.717) is 6.04 Å². The Morgan fingerprint density at radius 3 is 2.48 bits per heavy atom. The lowest BCUT2D eigenvalue weighted by Crippen LogP contribution is -2.49. The van der Waals surface area contributed by atoms with Crippen LogP contribution < -0.4 is 10.2 Å². The van der Waals surface area contributed by atoms with Gasteiger partial charge in [0.05, 0.1) is 4.92 Å². The van der Waals surface area contributed by atoms with Crippen LogP contribution in [0.2, 0.25) is 0 Å². The first-order chi connectivity index (χ1) is 10.0. The third-order valence-corrected chi connectivity index (χ3v) is 4.30.